The largest absolute Gasteiger partial charge is 0.493 e. The van der Waals surface area contributed by atoms with Crippen LogP contribution in [0, 0.1) is 10.1 Å². The molecule has 0 spiro atoms. The highest BCUT2D eigenvalue weighted by molar-refractivity contribution is 9.08. The Balaban J connectivity index is 2.12. The van der Waals surface area contributed by atoms with Crippen molar-refractivity contribution in [1.29, 1.82) is 0 Å². The summed E-state index contributed by atoms with van der Waals surface area (Å²) in [6.07, 6.45) is 0. The number of nitro groups is 1. The summed E-state index contributed by atoms with van der Waals surface area (Å²) in [4.78, 5) is 10.3. The first-order valence-electron chi connectivity index (χ1n) is 6.23. The van der Waals surface area contributed by atoms with Gasteiger partial charge >= 0.3 is 0 Å². The molecule has 0 atom stereocenters. The summed E-state index contributed by atoms with van der Waals surface area (Å²) < 4.78 is 11.0. The van der Waals surface area contributed by atoms with Gasteiger partial charge in [-0.05, 0) is 23.3 Å². The quantitative estimate of drug-likeness (QED) is 0.447. The maximum atomic E-state index is 10.7. The number of methoxy groups -OCH3 is 1. The molecule has 0 aliphatic heterocycles. The van der Waals surface area contributed by atoms with Crippen molar-refractivity contribution < 1.29 is 14.4 Å². The van der Waals surface area contributed by atoms with Gasteiger partial charge in [-0.1, -0.05) is 34.1 Å². The highest BCUT2D eigenvalue weighted by Crippen LogP contribution is 2.29. The highest BCUT2D eigenvalue weighted by Gasteiger charge is 2.08. The van der Waals surface area contributed by atoms with E-state index >= 15 is 0 Å². The molecule has 0 radical (unpaired) electrons. The third kappa shape index (κ3) is 3.95. The summed E-state index contributed by atoms with van der Waals surface area (Å²) in [5, 5.41) is 11.5. The fraction of sp³-hybridized carbons (Fsp3) is 0.200. The summed E-state index contributed by atoms with van der Waals surface area (Å²) in [6, 6.07) is 12.0. The Labute approximate surface area is 130 Å². The zero-order valence-corrected chi connectivity index (χ0v) is 13.0. The number of non-ortho nitro benzene ring substituents is 1. The maximum Gasteiger partial charge on any atom is 0.269 e. The van der Waals surface area contributed by atoms with Crippen LogP contribution in [0.2, 0.25) is 0 Å². The van der Waals surface area contributed by atoms with Crippen molar-refractivity contribution in [3.05, 3.63) is 63.7 Å². The number of hydrogen-bond donors (Lipinski definition) is 0. The second kappa shape index (κ2) is 7.08. The van der Waals surface area contributed by atoms with Crippen LogP contribution in [0.1, 0.15) is 11.1 Å². The van der Waals surface area contributed by atoms with Crippen LogP contribution in [0.4, 0.5) is 5.69 Å². The zero-order chi connectivity index (χ0) is 15.2. The second-order valence-electron chi connectivity index (χ2n) is 4.33. The summed E-state index contributed by atoms with van der Waals surface area (Å²) >= 11 is 3.38. The summed E-state index contributed by atoms with van der Waals surface area (Å²) in [5.74, 6) is 1.24. The van der Waals surface area contributed by atoms with Crippen molar-refractivity contribution in [2.75, 3.05) is 7.11 Å². The Kier molecular flexibility index (Phi) is 5.16. The minimum Gasteiger partial charge on any atom is -0.493 e. The minimum absolute atomic E-state index is 0.0534. The molecule has 0 N–H and O–H groups in total. The Morgan fingerprint density at radius 1 is 1.14 bits per heavy atom. The third-order valence-corrected chi connectivity index (χ3v) is 3.55. The Morgan fingerprint density at radius 3 is 2.62 bits per heavy atom. The molecule has 2 aromatic rings. The first-order chi connectivity index (χ1) is 10.1. The topological polar surface area (TPSA) is 61.6 Å². The highest BCUT2D eigenvalue weighted by atomic mass is 79.9. The molecule has 0 bridgehead atoms. The van der Waals surface area contributed by atoms with Gasteiger partial charge in [0.15, 0.2) is 11.5 Å². The summed E-state index contributed by atoms with van der Waals surface area (Å²) in [6.45, 7) is 0.242. The van der Waals surface area contributed by atoms with Crippen molar-refractivity contribution in [2.24, 2.45) is 0 Å². The minimum atomic E-state index is -0.422. The molecular formula is C15H14BrNO4. The molecule has 0 aliphatic carbocycles. The Morgan fingerprint density at radius 2 is 1.95 bits per heavy atom. The van der Waals surface area contributed by atoms with Gasteiger partial charge in [0.2, 0.25) is 0 Å². The van der Waals surface area contributed by atoms with Crippen molar-refractivity contribution in [1.82, 2.24) is 0 Å². The predicted molar refractivity (Wildman–Crippen MR) is 83.1 cm³/mol. The molecule has 5 nitrogen and oxygen atoms in total. The number of ether oxygens (including phenoxy) is 2. The first kappa shape index (κ1) is 15.3. The van der Waals surface area contributed by atoms with Gasteiger partial charge in [-0.25, -0.2) is 0 Å². The molecule has 0 heterocycles. The third-order valence-electron chi connectivity index (χ3n) is 2.90. The Bertz CT molecular complexity index is 645. The van der Waals surface area contributed by atoms with Gasteiger partial charge in [0.25, 0.3) is 5.69 Å². The van der Waals surface area contributed by atoms with Crippen LogP contribution in [-0.2, 0) is 11.9 Å². The molecular weight excluding hydrogens is 338 g/mol. The number of nitro benzene ring substituents is 1. The first-order valence-corrected chi connectivity index (χ1v) is 7.35. The molecule has 0 aromatic heterocycles. The molecule has 2 rings (SSSR count). The number of rotatable bonds is 6. The Hall–Kier alpha value is -2.08. The lowest BCUT2D eigenvalue weighted by molar-refractivity contribution is -0.384. The van der Waals surface area contributed by atoms with Gasteiger partial charge in [-0.15, -0.1) is 0 Å². The van der Waals surface area contributed by atoms with E-state index < -0.39 is 4.92 Å². The predicted octanol–water partition coefficient (Wildman–Crippen LogP) is 4.08. The van der Waals surface area contributed by atoms with E-state index in [2.05, 4.69) is 15.9 Å². The number of benzene rings is 2. The molecule has 0 aliphatic rings. The van der Waals surface area contributed by atoms with Crippen LogP contribution in [-0.4, -0.2) is 12.0 Å². The van der Waals surface area contributed by atoms with Gasteiger partial charge in [0.05, 0.1) is 12.0 Å². The van der Waals surface area contributed by atoms with Crippen LogP contribution in [0.3, 0.4) is 0 Å². The SMILES string of the molecule is COc1cc(CBr)ccc1OCc1cccc([N+](=O)[O-])c1. The average Bonchev–Trinajstić information content (AvgIpc) is 2.53. The van der Waals surface area contributed by atoms with E-state index in [1.165, 1.54) is 12.1 Å². The second-order valence-corrected chi connectivity index (χ2v) is 4.90. The van der Waals surface area contributed by atoms with Crippen LogP contribution in [0.25, 0.3) is 0 Å². The molecule has 0 fully saturated rings. The van der Waals surface area contributed by atoms with Gasteiger partial charge in [0, 0.05) is 17.5 Å². The number of halogens is 1. The zero-order valence-electron chi connectivity index (χ0n) is 11.4. The normalized spacial score (nSPS) is 10.2. The molecule has 0 saturated carbocycles. The smallest absolute Gasteiger partial charge is 0.269 e. The fourth-order valence-electron chi connectivity index (χ4n) is 1.84. The molecule has 2 aromatic carbocycles. The molecule has 0 amide bonds. The van der Waals surface area contributed by atoms with E-state index in [-0.39, 0.29) is 12.3 Å². The van der Waals surface area contributed by atoms with E-state index in [1.54, 1.807) is 19.2 Å². The lowest BCUT2D eigenvalue weighted by atomic mass is 10.2. The van der Waals surface area contributed by atoms with Crippen LogP contribution < -0.4 is 9.47 Å². The molecule has 21 heavy (non-hydrogen) atoms. The van der Waals surface area contributed by atoms with Crippen molar-refractivity contribution in [3.8, 4) is 11.5 Å². The number of nitrogens with zero attached hydrogens (tertiary/aromatic N) is 1. The van der Waals surface area contributed by atoms with E-state index in [9.17, 15) is 10.1 Å². The van der Waals surface area contributed by atoms with Crippen LogP contribution >= 0.6 is 15.9 Å². The monoisotopic (exact) mass is 351 g/mol. The summed E-state index contributed by atoms with van der Waals surface area (Å²) in [7, 11) is 1.58. The van der Waals surface area contributed by atoms with E-state index in [4.69, 9.17) is 9.47 Å². The van der Waals surface area contributed by atoms with Crippen LogP contribution in [0.5, 0.6) is 11.5 Å². The lowest BCUT2D eigenvalue weighted by Gasteiger charge is -2.11. The summed E-state index contributed by atoms with van der Waals surface area (Å²) in [5.41, 5.74) is 1.86. The van der Waals surface area contributed by atoms with Crippen molar-refractivity contribution in [2.45, 2.75) is 11.9 Å². The molecule has 110 valence electrons. The van der Waals surface area contributed by atoms with Gasteiger partial charge in [0.1, 0.15) is 6.61 Å². The number of hydrogen-bond acceptors (Lipinski definition) is 4. The van der Waals surface area contributed by atoms with Crippen molar-refractivity contribution >= 4 is 21.6 Å². The van der Waals surface area contributed by atoms with Gasteiger partial charge in [-0.3, -0.25) is 10.1 Å². The van der Waals surface area contributed by atoms with Gasteiger partial charge < -0.3 is 9.47 Å². The molecule has 0 unspecified atom stereocenters. The van der Waals surface area contributed by atoms with Crippen LogP contribution in [0.15, 0.2) is 42.5 Å². The average molecular weight is 352 g/mol. The van der Waals surface area contributed by atoms with E-state index in [0.29, 0.717) is 11.5 Å². The number of alkyl halides is 1. The van der Waals surface area contributed by atoms with E-state index in [0.717, 1.165) is 16.5 Å². The van der Waals surface area contributed by atoms with Gasteiger partial charge in [-0.2, -0.15) is 0 Å². The standard InChI is InChI=1S/C15H14BrNO4/c1-20-15-8-11(9-16)5-6-14(15)21-10-12-3-2-4-13(7-12)17(18)19/h2-8H,9-10H2,1H3. The van der Waals surface area contributed by atoms with E-state index in [1.807, 2.05) is 18.2 Å². The maximum absolute atomic E-state index is 10.7. The fourth-order valence-corrected chi connectivity index (χ4v) is 2.18. The molecule has 0 saturated heterocycles. The van der Waals surface area contributed by atoms with Crippen molar-refractivity contribution in [3.63, 3.8) is 0 Å². The molecule has 6 heteroatoms. The lowest BCUT2D eigenvalue weighted by Crippen LogP contribution is -1.99.